The van der Waals surface area contributed by atoms with Gasteiger partial charge in [-0.15, -0.1) is 0 Å². The average molecular weight is 238 g/mol. The van der Waals surface area contributed by atoms with E-state index >= 15 is 0 Å². The van der Waals surface area contributed by atoms with Gasteiger partial charge in [0, 0.05) is 11.6 Å². The molecule has 0 aliphatic heterocycles. The van der Waals surface area contributed by atoms with E-state index in [2.05, 4.69) is 4.72 Å². The summed E-state index contributed by atoms with van der Waals surface area (Å²) in [5.41, 5.74) is 0.540. The highest BCUT2D eigenvalue weighted by Crippen LogP contribution is 2.16. The van der Waals surface area contributed by atoms with Crippen LogP contribution in [0.15, 0.2) is 18.2 Å². The smallest absolute Gasteiger partial charge is 0.209 e. The van der Waals surface area contributed by atoms with Crippen molar-refractivity contribution in [2.45, 2.75) is 6.54 Å². The van der Waals surface area contributed by atoms with Gasteiger partial charge in [0.15, 0.2) is 0 Å². The Balaban J connectivity index is 2.78. The van der Waals surface area contributed by atoms with E-state index in [0.717, 1.165) is 12.3 Å². The summed E-state index contributed by atoms with van der Waals surface area (Å²) in [6.07, 6.45) is 1.05. The summed E-state index contributed by atoms with van der Waals surface area (Å²) in [5, 5.41) is 0.209. The van der Waals surface area contributed by atoms with Gasteiger partial charge in [-0.05, 0) is 17.7 Å². The quantitative estimate of drug-likeness (QED) is 0.867. The summed E-state index contributed by atoms with van der Waals surface area (Å²) < 4.78 is 36.4. The monoisotopic (exact) mass is 237 g/mol. The Morgan fingerprint density at radius 3 is 2.64 bits per heavy atom. The molecule has 3 nitrogen and oxygen atoms in total. The number of nitrogens with one attached hydrogen (secondary N) is 1. The topological polar surface area (TPSA) is 46.2 Å². The van der Waals surface area contributed by atoms with Crippen molar-refractivity contribution < 1.29 is 12.8 Å². The van der Waals surface area contributed by atoms with E-state index < -0.39 is 15.8 Å². The van der Waals surface area contributed by atoms with Crippen LogP contribution in [0.1, 0.15) is 5.56 Å². The van der Waals surface area contributed by atoms with Crippen LogP contribution in [0.5, 0.6) is 0 Å². The van der Waals surface area contributed by atoms with Gasteiger partial charge >= 0.3 is 0 Å². The molecule has 6 heteroatoms. The van der Waals surface area contributed by atoms with E-state index in [-0.39, 0.29) is 11.6 Å². The molecule has 0 unspecified atom stereocenters. The molecular weight excluding hydrogens is 229 g/mol. The molecule has 0 saturated heterocycles. The molecule has 0 atom stereocenters. The van der Waals surface area contributed by atoms with Gasteiger partial charge in [0.05, 0.1) is 6.26 Å². The lowest BCUT2D eigenvalue weighted by atomic mass is 10.2. The Labute approximate surface area is 86.9 Å². The molecule has 78 valence electrons. The molecule has 0 fully saturated rings. The van der Waals surface area contributed by atoms with Crippen molar-refractivity contribution in [3.8, 4) is 0 Å². The van der Waals surface area contributed by atoms with Gasteiger partial charge in [0.2, 0.25) is 10.0 Å². The Hall–Kier alpha value is -0.650. The van der Waals surface area contributed by atoms with E-state index in [1.807, 2.05) is 0 Å². The maximum absolute atomic E-state index is 12.6. The van der Waals surface area contributed by atoms with Gasteiger partial charge in [-0.3, -0.25) is 0 Å². The standard InChI is InChI=1S/C8H9ClFNO2S/c1-14(12,13)11-5-6-2-3-7(10)4-8(6)9/h2-4,11H,5H2,1H3. The Morgan fingerprint density at radius 2 is 2.14 bits per heavy atom. The Kier molecular flexibility index (Phi) is 3.47. The van der Waals surface area contributed by atoms with Gasteiger partial charge in [0.25, 0.3) is 0 Å². The van der Waals surface area contributed by atoms with Gasteiger partial charge in [0.1, 0.15) is 5.82 Å². The normalized spacial score (nSPS) is 11.6. The first-order chi connectivity index (χ1) is 6.38. The highest BCUT2D eigenvalue weighted by atomic mass is 35.5. The molecule has 0 aliphatic rings. The summed E-state index contributed by atoms with van der Waals surface area (Å²) in [4.78, 5) is 0. The van der Waals surface area contributed by atoms with Crippen LogP contribution >= 0.6 is 11.6 Å². The molecule has 1 aromatic rings. The molecule has 1 aromatic carbocycles. The minimum atomic E-state index is -3.25. The van der Waals surface area contributed by atoms with Crippen molar-refractivity contribution >= 4 is 21.6 Å². The lowest BCUT2D eigenvalue weighted by molar-refractivity contribution is 0.587. The van der Waals surface area contributed by atoms with Crippen molar-refractivity contribution in [1.29, 1.82) is 0 Å². The van der Waals surface area contributed by atoms with Crippen LogP contribution in [-0.2, 0) is 16.6 Å². The minimum absolute atomic E-state index is 0.0674. The lowest BCUT2D eigenvalue weighted by Gasteiger charge is -2.04. The molecule has 1 N–H and O–H groups in total. The predicted molar refractivity (Wildman–Crippen MR) is 53.1 cm³/mol. The van der Waals surface area contributed by atoms with E-state index in [4.69, 9.17) is 11.6 Å². The zero-order valence-electron chi connectivity index (χ0n) is 7.42. The molecule has 0 bridgehead atoms. The van der Waals surface area contributed by atoms with Crippen LogP contribution in [-0.4, -0.2) is 14.7 Å². The van der Waals surface area contributed by atoms with Crippen LogP contribution in [0.25, 0.3) is 0 Å². The summed E-state index contributed by atoms with van der Waals surface area (Å²) in [6, 6.07) is 3.81. The third-order valence-corrected chi connectivity index (χ3v) is 2.56. The molecular formula is C8H9ClFNO2S. The zero-order valence-corrected chi connectivity index (χ0v) is 8.99. The van der Waals surface area contributed by atoms with Gasteiger partial charge in [-0.25, -0.2) is 17.5 Å². The van der Waals surface area contributed by atoms with Crippen LogP contribution in [0.3, 0.4) is 0 Å². The number of rotatable bonds is 3. The zero-order chi connectivity index (χ0) is 10.8. The van der Waals surface area contributed by atoms with Crippen molar-refractivity contribution in [2.75, 3.05) is 6.26 Å². The number of hydrogen-bond acceptors (Lipinski definition) is 2. The number of sulfonamides is 1. The highest BCUT2D eigenvalue weighted by molar-refractivity contribution is 7.88. The summed E-state index contributed by atoms with van der Waals surface area (Å²) in [6.45, 7) is 0.0674. The van der Waals surface area contributed by atoms with E-state index in [1.165, 1.54) is 12.1 Å². The lowest BCUT2D eigenvalue weighted by Crippen LogP contribution is -2.21. The second-order valence-electron chi connectivity index (χ2n) is 2.83. The first-order valence-electron chi connectivity index (χ1n) is 3.77. The average Bonchev–Trinajstić information content (AvgIpc) is 2.00. The fourth-order valence-corrected chi connectivity index (χ4v) is 1.53. The SMILES string of the molecule is CS(=O)(=O)NCc1ccc(F)cc1Cl. The summed E-state index contributed by atoms with van der Waals surface area (Å²) >= 11 is 5.68. The first-order valence-corrected chi connectivity index (χ1v) is 6.04. The van der Waals surface area contributed by atoms with Crippen LogP contribution < -0.4 is 4.72 Å². The van der Waals surface area contributed by atoms with Gasteiger partial charge in [-0.1, -0.05) is 17.7 Å². The van der Waals surface area contributed by atoms with E-state index in [9.17, 15) is 12.8 Å². The number of halogens is 2. The molecule has 14 heavy (non-hydrogen) atoms. The second-order valence-corrected chi connectivity index (χ2v) is 5.07. The fourth-order valence-electron chi connectivity index (χ4n) is 0.874. The Morgan fingerprint density at radius 1 is 1.50 bits per heavy atom. The second kappa shape index (κ2) is 4.25. The minimum Gasteiger partial charge on any atom is -0.213 e. The van der Waals surface area contributed by atoms with Gasteiger partial charge < -0.3 is 0 Å². The molecule has 0 aromatic heterocycles. The van der Waals surface area contributed by atoms with Crippen LogP contribution in [0.2, 0.25) is 5.02 Å². The van der Waals surface area contributed by atoms with E-state index in [1.54, 1.807) is 0 Å². The van der Waals surface area contributed by atoms with Crippen LogP contribution in [0.4, 0.5) is 4.39 Å². The van der Waals surface area contributed by atoms with Crippen molar-refractivity contribution in [3.05, 3.63) is 34.6 Å². The van der Waals surface area contributed by atoms with E-state index in [0.29, 0.717) is 5.56 Å². The molecule has 0 saturated carbocycles. The summed E-state index contributed by atoms with van der Waals surface area (Å²) in [5.74, 6) is -0.446. The largest absolute Gasteiger partial charge is 0.213 e. The molecule has 0 spiro atoms. The molecule has 1 rings (SSSR count). The van der Waals surface area contributed by atoms with Crippen LogP contribution in [0, 0.1) is 5.82 Å². The van der Waals surface area contributed by atoms with Crippen molar-refractivity contribution in [3.63, 3.8) is 0 Å². The molecule has 0 heterocycles. The Bertz CT molecular complexity index is 433. The fraction of sp³-hybridized carbons (Fsp3) is 0.250. The highest BCUT2D eigenvalue weighted by Gasteiger charge is 2.05. The maximum atomic E-state index is 12.6. The number of hydrogen-bond donors (Lipinski definition) is 1. The summed E-state index contributed by atoms with van der Waals surface area (Å²) in [7, 11) is -3.25. The number of benzene rings is 1. The molecule has 0 amide bonds. The molecule has 0 aliphatic carbocycles. The van der Waals surface area contributed by atoms with Crippen molar-refractivity contribution in [2.24, 2.45) is 0 Å². The maximum Gasteiger partial charge on any atom is 0.209 e. The third-order valence-electron chi connectivity index (χ3n) is 1.54. The predicted octanol–water partition coefficient (Wildman–Crippen LogP) is 1.53. The first kappa shape index (κ1) is 11.4. The van der Waals surface area contributed by atoms with Crippen molar-refractivity contribution in [1.82, 2.24) is 4.72 Å². The third kappa shape index (κ3) is 3.61. The van der Waals surface area contributed by atoms with Gasteiger partial charge in [-0.2, -0.15) is 0 Å². The molecule has 0 radical (unpaired) electrons.